The van der Waals surface area contributed by atoms with Gasteiger partial charge in [0.2, 0.25) is 0 Å². The number of piperidine rings is 1. The first-order valence-corrected chi connectivity index (χ1v) is 6.14. The zero-order valence-electron chi connectivity index (χ0n) is 9.95. The molecule has 1 aliphatic heterocycles. The van der Waals surface area contributed by atoms with E-state index in [0.29, 0.717) is 5.75 Å². The summed E-state index contributed by atoms with van der Waals surface area (Å²) in [6.45, 7) is 1.88. The van der Waals surface area contributed by atoms with Gasteiger partial charge in [0.15, 0.2) is 0 Å². The molecule has 2 rings (SSSR count). The third kappa shape index (κ3) is 2.98. The second-order valence-electron chi connectivity index (χ2n) is 4.81. The summed E-state index contributed by atoms with van der Waals surface area (Å²) in [7, 11) is 0. The summed E-state index contributed by atoms with van der Waals surface area (Å²) in [4.78, 5) is 0. The van der Waals surface area contributed by atoms with Crippen LogP contribution in [0, 0.1) is 16.7 Å². The van der Waals surface area contributed by atoms with Gasteiger partial charge < -0.3 is 10.4 Å². The summed E-state index contributed by atoms with van der Waals surface area (Å²) >= 11 is 0. The quantitative estimate of drug-likeness (QED) is 0.837. The molecule has 0 spiro atoms. The highest BCUT2D eigenvalue weighted by Gasteiger charge is 2.31. The molecule has 1 aliphatic rings. The van der Waals surface area contributed by atoms with Crippen molar-refractivity contribution in [1.82, 2.24) is 5.32 Å². The maximum absolute atomic E-state index is 9.40. The molecule has 0 amide bonds. The van der Waals surface area contributed by atoms with Gasteiger partial charge in [0.25, 0.3) is 0 Å². The van der Waals surface area contributed by atoms with Crippen LogP contribution >= 0.6 is 0 Å². The van der Waals surface area contributed by atoms with Crippen LogP contribution in [0.3, 0.4) is 0 Å². The Labute approximate surface area is 102 Å². The van der Waals surface area contributed by atoms with Crippen molar-refractivity contribution in [2.45, 2.75) is 25.7 Å². The molecule has 0 unspecified atom stereocenters. The van der Waals surface area contributed by atoms with Crippen LogP contribution < -0.4 is 5.32 Å². The van der Waals surface area contributed by atoms with E-state index in [1.165, 1.54) is 0 Å². The second kappa shape index (κ2) is 5.20. The van der Waals surface area contributed by atoms with Gasteiger partial charge in [-0.05, 0) is 56.5 Å². The first-order chi connectivity index (χ1) is 8.24. The molecule has 3 nitrogen and oxygen atoms in total. The molecular weight excluding hydrogens is 212 g/mol. The Morgan fingerprint density at radius 2 is 2.12 bits per heavy atom. The Balaban J connectivity index is 1.98. The van der Waals surface area contributed by atoms with Gasteiger partial charge in [-0.3, -0.25) is 0 Å². The molecule has 0 aromatic heterocycles. The summed E-state index contributed by atoms with van der Waals surface area (Å²) in [5.74, 6) is 0.304. The highest BCUT2D eigenvalue weighted by Crippen LogP contribution is 2.33. The summed E-state index contributed by atoms with van der Waals surface area (Å²) in [5.41, 5.74) is 0.939. The molecule has 1 fully saturated rings. The SMILES string of the molecule is N#CC1(CCc2cccc(O)c2)CCNCC1. The van der Waals surface area contributed by atoms with Crippen molar-refractivity contribution in [2.75, 3.05) is 13.1 Å². The van der Waals surface area contributed by atoms with Gasteiger partial charge in [-0.1, -0.05) is 12.1 Å². The van der Waals surface area contributed by atoms with E-state index in [0.717, 1.165) is 44.3 Å². The van der Waals surface area contributed by atoms with E-state index in [-0.39, 0.29) is 5.41 Å². The predicted octanol–water partition coefficient (Wildman–Crippen LogP) is 2.22. The van der Waals surface area contributed by atoms with Crippen molar-refractivity contribution in [3.05, 3.63) is 29.8 Å². The van der Waals surface area contributed by atoms with E-state index in [1.54, 1.807) is 12.1 Å². The van der Waals surface area contributed by atoms with Crippen LogP contribution in [0.2, 0.25) is 0 Å². The third-order valence-electron chi connectivity index (χ3n) is 3.60. The predicted molar refractivity (Wildman–Crippen MR) is 66.6 cm³/mol. The highest BCUT2D eigenvalue weighted by molar-refractivity contribution is 5.27. The normalized spacial score (nSPS) is 18.5. The minimum absolute atomic E-state index is 0.170. The van der Waals surface area contributed by atoms with Crippen molar-refractivity contribution < 1.29 is 5.11 Å². The van der Waals surface area contributed by atoms with E-state index >= 15 is 0 Å². The van der Waals surface area contributed by atoms with E-state index < -0.39 is 0 Å². The summed E-state index contributed by atoms with van der Waals surface area (Å²) in [6, 6.07) is 9.82. The standard InChI is InChI=1S/C14H18N2O/c15-11-14(6-8-16-9-7-14)5-4-12-2-1-3-13(17)10-12/h1-3,10,16-17H,4-9H2. The third-order valence-corrected chi connectivity index (χ3v) is 3.60. The number of hydrogen-bond donors (Lipinski definition) is 2. The molecule has 0 atom stereocenters. The van der Waals surface area contributed by atoms with Crippen LogP contribution in [-0.4, -0.2) is 18.2 Å². The highest BCUT2D eigenvalue weighted by atomic mass is 16.3. The number of rotatable bonds is 3. The largest absolute Gasteiger partial charge is 0.508 e. The Kier molecular flexibility index (Phi) is 3.65. The second-order valence-corrected chi connectivity index (χ2v) is 4.81. The molecule has 90 valence electrons. The zero-order chi connectivity index (χ0) is 12.1. The molecule has 1 heterocycles. The van der Waals surface area contributed by atoms with Gasteiger partial charge in [-0.15, -0.1) is 0 Å². The van der Waals surface area contributed by atoms with Gasteiger partial charge in [-0.25, -0.2) is 0 Å². The zero-order valence-corrected chi connectivity index (χ0v) is 9.95. The molecule has 0 aliphatic carbocycles. The average Bonchev–Trinajstić information content (AvgIpc) is 2.38. The van der Waals surface area contributed by atoms with Crippen molar-refractivity contribution in [1.29, 1.82) is 5.26 Å². The fourth-order valence-corrected chi connectivity index (χ4v) is 2.42. The molecule has 0 saturated carbocycles. The molecule has 1 saturated heterocycles. The number of phenols is 1. The van der Waals surface area contributed by atoms with Crippen molar-refractivity contribution in [2.24, 2.45) is 5.41 Å². The van der Waals surface area contributed by atoms with E-state index in [1.807, 2.05) is 12.1 Å². The number of aryl methyl sites for hydroxylation is 1. The molecule has 2 N–H and O–H groups in total. The lowest BCUT2D eigenvalue weighted by molar-refractivity contribution is 0.263. The molecule has 1 aromatic carbocycles. The molecule has 0 bridgehead atoms. The number of aromatic hydroxyl groups is 1. The van der Waals surface area contributed by atoms with Crippen molar-refractivity contribution >= 4 is 0 Å². The molecule has 17 heavy (non-hydrogen) atoms. The fourth-order valence-electron chi connectivity index (χ4n) is 2.42. The van der Waals surface area contributed by atoms with E-state index in [2.05, 4.69) is 11.4 Å². The summed E-state index contributed by atoms with van der Waals surface area (Å²) in [6.07, 6.45) is 3.61. The summed E-state index contributed by atoms with van der Waals surface area (Å²) in [5, 5.41) is 22.0. The van der Waals surface area contributed by atoms with Gasteiger partial charge in [0.1, 0.15) is 5.75 Å². The van der Waals surface area contributed by atoms with E-state index in [9.17, 15) is 10.4 Å². The van der Waals surface area contributed by atoms with Crippen LogP contribution in [0.4, 0.5) is 0 Å². The average molecular weight is 230 g/mol. The molecule has 3 heteroatoms. The first-order valence-electron chi connectivity index (χ1n) is 6.14. The van der Waals surface area contributed by atoms with Crippen LogP contribution in [0.1, 0.15) is 24.8 Å². The number of phenolic OH excluding ortho intramolecular Hbond substituents is 1. The van der Waals surface area contributed by atoms with Crippen molar-refractivity contribution in [3.8, 4) is 11.8 Å². The van der Waals surface area contributed by atoms with Crippen molar-refractivity contribution in [3.63, 3.8) is 0 Å². The van der Waals surface area contributed by atoms with Gasteiger partial charge in [0, 0.05) is 0 Å². The maximum atomic E-state index is 9.40. The lowest BCUT2D eigenvalue weighted by Gasteiger charge is -2.31. The summed E-state index contributed by atoms with van der Waals surface area (Å²) < 4.78 is 0. The van der Waals surface area contributed by atoms with E-state index in [4.69, 9.17) is 0 Å². The number of nitrogens with one attached hydrogen (secondary N) is 1. The monoisotopic (exact) mass is 230 g/mol. The number of nitriles is 1. The Hall–Kier alpha value is -1.53. The minimum atomic E-state index is -0.170. The number of hydrogen-bond acceptors (Lipinski definition) is 3. The lowest BCUT2D eigenvalue weighted by atomic mass is 9.76. The fraction of sp³-hybridized carbons (Fsp3) is 0.500. The van der Waals surface area contributed by atoms with Crippen LogP contribution in [0.5, 0.6) is 5.75 Å². The maximum Gasteiger partial charge on any atom is 0.115 e. The molecule has 1 aromatic rings. The Morgan fingerprint density at radius 3 is 2.76 bits per heavy atom. The Bertz CT molecular complexity index is 416. The molecule has 0 radical (unpaired) electrons. The first kappa shape index (κ1) is 11.9. The topological polar surface area (TPSA) is 56.0 Å². The smallest absolute Gasteiger partial charge is 0.115 e. The minimum Gasteiger partial charge on any atom is -0.508 e. The number of nitrogens with zero attached hydrogens (tertiary/aromatic N) is 1. The Morgan fingerprint density at radius 1 is 1.35 bits per heavy atom. The van der Waals surface area contributed by atoms with Crippen LogP contribution in [0.15, 0.2) is 24.3 Å². The lowest BCUT2D eigenvalue weighted by Crippen LogP contribution is -2.36. The molecular formula is C14H18N2O. The van der Waals surface area contributed by atoms with Gasteiger partial charge in [-0.2, -0.15) is 5.26 Å². The van der Waals surface area contributed by atoms with Gasteiger partial charge >= 0.3 is 0 Å². The van der Waals surface area contributed by atoms with Crippen LogP contribution in [-0.2, 0) is 6.42 Å². The van der Waals surface area contributed by atoms with Crippen LogP contribution in [0.25, 0.3) is 0 Å². The number of benzene rings is 1. The van der Waals surface area contributed by atoms with Gasteiger partial charge in [0.05, 0.1) is 11.5 Å².